The number of ether oxygens (including phenoxy) is 1. The Morgan fingerprint density at radius 1 is 1.11 bits per heavy atom. The molecule has 0 radical (unpaired) electrons. The summed E-state index contributed by atoms with van der Waals surface area (Å²) < 4.78 is 5.76. The van der Waals surface area contributed by atoms with Crippen LogP contribution in [-0.2, 0) is 9.53 Å². The van der Waals surface area contributed by atoms with E-state index < -0.39 is 30.4 Å². The first kappa shape index (κ1) is 24.3. The van der Waals surface area contributed by atoms with Gasteiger partial charge in [-0.1, -0.05) is 55.5 Å². The molecule has 0 bridgehead atoms. The lowest BCUT2D eigenvalue weighted by atomic mass is 10.0. The zero-order valence-corrected chi connectivity index (χ0v) is 16.6. The largest absolute Gasteiger partial charge is 0.481 e. The average Bonchev–Trinajstić information content (AvgIpc) is 3.02. The molecule has 1 aliphatic rings. The standard InChI is InChI=1S/C22H34O6/c1-2-3-8-11-17(23)14-15-18(24)21-16-19(25)20(28-21)12-9-6-4-5-7-10-13-22(26)27/h3,5-9,14-15,17-21,23-25H,2,4,10-13,16H2,1H3,(H,26,27)/b7-5-,8-3-,9-6-,15-14+/t17-,18-,19-,20-,21-/m0/s1. The number of carboxylic acid groups (broad SMARTS) is 1. The molecule has 4 N–H and O–H groups in total. The van der Waals surface area contributed by atoms with Crippen molar-refractivity contribution in [1.29, 1.82) is 0 Å². The molecule has 1 heterocycles. The molecule has 1 saturated heterocycles. The van der Waals surface area contributed by atoms with Crippen molar-refractivity contribution in [3.8, 4) is 0 Å². The van der Waals surface area contributed by atoms with E-state index >= 15 is 0 Å². The highest BCUT2D eigenvalue weighted by Gasteiger charge is 2.36. The van der Waals surface area contributed by atoms with Crippen LogP contribution < -0.4 is 0 Å². The molecule has 0 aliphatic carbocycles. The first-order valence-corrected chi connectivity index (χ1v) is 9.98. The molecule has 1 fully saturated rings. The van der Waals surface area contributed by atoms with Crippen LogP contribution in [0.2, 0.25) is 0 Å². The molecule has 0 amide bonds. The number of carboxylic acids is 1. The fourth-order valence-electron chi connectivity index (χ4n) is 2.87. The van der Waals surface area contributed by atoms with Crippen molar-refractivity contribution in [2.24, 2.45) is 0 Å². The van der Waals surface area contributed by atoms with Crippen LogP contribution in [0.1, 0.15) is 51.9 Å². The van der Waals surface area contributed by atoms with Gasteiger partial charge in [0.2, 0.25) is 0 Å². The van der Waals surface area contributed by atoms with Gasteiger partial charge in [0.25, 0.3) is 0 Å². The van der Waals surface area contributed by atoms with Crippen molar-refractivity contribution >= 4 is 5.97 Å². The molecule has 0 unspecified atom stereocenters. The number of aliphatic hydroxyl groups is 3. The molecular formula is C22H34O6. The summed E-state index contributed by atoms with van der Waals surface area (Å²) in [5.41, 5.74) is 0. The van der Waals surface area contributed by atoms with E-state index in [2.05, 4.69) is 0 Å². The maximum atomic E-state index is 10.4. The first-order valence-electron chi connectivity index (χ1n) is 9.98. The number of rotatable bonds is 13. The highest BCUT2D eigenvalue weighted by atomic mass is 16.5. The summed E-state index contributed by atoms with van der Waals surface area (Å²) in [4.78, 5) is 10.4. The Labute approximate surface area is 167 Å². The van der Waals surface area contributed by atoms with Crippen LogP contribution in [0, 0.1) is 0 Å². The Kier molecular flexibility index (Phi) is 12.4. The van der Waals surface area contributed by atoms with Gasteiger partial charge >= 0.3 is 5.97 Å². The second-order valence-corrected chi connectivity index (χ2v) is 6.92. The minimum Gasteiger partial charge on any atom is -0.481 e. The highest BCUT2D eigenvalue weighted by molar-refractivity contribution is 5.66. The van der Waals surface area contributed by atoms with Gasteiger partial charge in [0.05, 0.1) is 30.5 Å². The smallest absolute Gasteiger partial charge is 0.303 e. The minimum absolute atomic E-state index is 0.132. The van der Waals surface area contributed by atoms with Gasteiger partial charge < -0.3 is 25.2 Å². The zero-order chi connectivity index (χ0) is 20.8. The Morgan fingerprint density at radius 3 is 2.57 bits per heavy atom. The van der Waals surface area contributed by atoms with Crippen LogP contribution >= 0.6 is 0 Å². The predicted octanol–water partition coefficient (Wildman–Crippen LogP) is 2.90. The molecule has 158 valence electrons. The lowest BCUT2D eigenvalue weighted by Crippen LogP contribution is -2.24. The summed E-state index contributed by atoms with van der Waals surface area (Å²) >= 11 is 0. The SMILES string of the molecule is CC/C=C\C[C@H](O)/C=C/[C@H](O)[C@@H]1C[C@H](O)[C@H](C/C=C\C/C=C\CCC(=O)O)O1. The van der Waals surface area contributed by atoms with Gasteiger partial charge in [-0.3, -0.25) is 4.79 Å². The maximum Gasteiger partial charge on any atom is 0.303 e. The molecule has 0 aromatic heterocycles. The molecule has 0 aromatic carbocycles. The zero-order valence-electron chi connectivity index (χ0n) is 16.6. The van der Waals surface area contributed by atoms with Crippen molar-refractivity contribution in [3.63, 3.8) is 0 Å². The van der Waals surface area contributed by atoms with E-state index in [1.54, 1.807) is 6.08 Å². The van der Waals surface area contributed by atoms with Gasteiger partial charge in [0.1, 0.15) is 0 Å². The average molecular weight is 395 g/mol. The summed E-state index contributed by atoms with van der Waals surface area (Å²) in [6, 6.07) is 0. The Balaban J connectivity index is 2.32. The van der Waals surface area contributed by atoms with Gasteiger partial charge in [-0.15, -0.1) is 0 Å². The summed E-state index contributed by atoms with van der Waals surface area (Å²) in [6.45, 7) is 2.02. The van der Waals surface area contributed by atoms with Crippen molar-refractivity contribution < 1.29 is 30.0 Å². The molecule has 1 rings (SSSR count). The van der Waals surface area contributed by atoms with E-state index in [1.165, 1.54) is 6.08 Å². The fraction of sp³-hybridized carbons (Fsp3) is 0.591. The lowest BCUT2D eigenvalue weighted by Gasteiger charge is -2.16. The summed E-state index contributed by atoms with van der Waals surface area (Å²) in [6.07, 6.45) is 15.2. The molecule has 5 atom stereocenters. The topological polar surface area (TPSA) is 107 Å². The van der Waals surface area contributed by atoms with E-state index in [4.69, 9.17) is 9.84 Å². The molecule has 0 aromatic rings. The first-order chi connectivity index (χ1) is 13.4. The van der Waals surface area contributed by atoms with E-state index in [1.807, 2.05) is 43.4 Å². The Bertz CT molecular complexity index is 551. The van der Waals surface area contributed by atoms with Crippen molar-refractivity contribution in [1.82, 2.24) is 0 Å². The second-order valence-electron chi connectivity index (χ2n) is 6.92. The predicted molar refractivity (Wildman–Crippen MR) is 109 cm³/mol. The summed E-state index contributed by atoms with van der Waals surface area (Å²) in [5.74, 6) is -0.804. The van der Waals surface area contributed by atoms with E-state index in [9.17, 15) is 20.1 Å². The number of allylic oxidation sites excluding steroid dienone is 4. The van der Waals surface area contributed by atoms with Crippen LogP contribution in [-0.4, -0.2) is 56.9 Å². The lowest BCUT2D eigenvalue weighted by molar-refractivity contribution is -0.136. The van der Waals surface area contributed by atoms with Gasteiger partial charge in [-0.2, -0.15) is 0 Å². The van der Waals surface area contributed by atoms with Crippen molar-refractivity contribution in [2.45, 2.75) is 82.4 Å². The van der Waals surface area contributed by atoms with Crippen LogP contribution in [0.3, 0.4) is 0 Å². The normalized spacial score (nSPS) is 25.5. The molecule has 0 saturated carbocycles. The van der Waals surface area contributed by atoms with Crippen LogP contribution in [0.4, 0.5) is 0 Å². The fourth-order valence-corrected chi connectivity index (χ4v) is 2.87. The quantitative estimate of drug-likeness (QED) is 0.358. The van der Waals surface area contributed by atoms with Crippen LogP contribution in [0.5, 0.6) is 0 Å². The second kappa shape index (κ2) is 14.3. The van der Waals surface area contributed by atoms with Crippen LogP contribution in [0.25, 0.3) is 0 Å². The monoisotopic (exact) mass is 394 g/mol. The number of hydrogen-bond acceptors (Lipinski definition) is 5. The van der Waals surface area contributed by atoms with Gasteiger partial charge in [0.15, 0.2) is 0 Å². The van der Waals surface area contributed by atoms with Crippen LogP contribution in [0.15, 0.2) is 48.6 Å². The van der Waals surface area contributed by atoms with E-state index in [-0.39, 0.29) is 12.5 Å². The molecule has 0 spiro atoms. The highest BCUT2D eigenvalue weighted by Crippen LogP contribution is 2.26. The third-order valence-corrected chi connectivity index (χ3v) is 4.44. The Hall–Kier alpha value is -1.73. The van der Waals surface area contributed by atoms with Gasteiger partial charge in [0, 0.05) is 12.8 Å². The molecular weight excluding hydrogens is 360 g/mol. The van der Waals surface area contributed by atoms with Gasteiger partial charge in [-0.05, 0) is 32.1 Å². The molecule has 6 heteroatoms. The molecule has 6 nitrogen and oxygen atoms in total. The number of aliphatic carboxylic acids is 1. The number of hydrogen-bond donors (Lipinski definition) is 4. The third-order valence-electron chi connectivity index (χ3n) is 4.44. The molecule has 1 aliphatic heterocycles. The minimum atomic E-state index is -0.870. The van der Waals surface area contributed by atoms with E-state index in [0.717, 1.165) is 6.42 Å². The third kappa shape index (κ3) is 10.6. The number of carbonyl (C=O) groups is 1. The van der Waals surface area contributed by atoms with Crippen molar-refractivity contribution in [3.05, 3.63) is 48.6 Å². The van der Waals surface area contributed by atoms with Crippen molar-refractivity contribution in [2.75, 3.05) is 0 Å². The summed E-state index contributed by atoms with van der Waals surface area (Å²) in [5, 5.41) is 38.7. The maximum absolute atomic E-state index is 10.4. The Morgan fingerprint density at radius 2 is 1.86 bits per heavy atom. The summed E-state index contributed by atoms with van der Waals surface area (Å²) in [7, 11) is 0. The van der Waals surface area contributed by atoms with Gasteiger partial charge in [-0.25, -0.2) is 0 Å². The molecule has 28 heavy (non-hydrogen) atoms. The van der Waals surface area contributed by atoms with E-state index in [0.29, 0.717) is 32.1 Å². The number of aliphatic hydroxyl groups excluding tert-OH is 3.